The van der Waals surface area contributed by atoms with Gasteiger partial charge in [-0.3, -0.25) is 9.89 Å². The van der Waals surface area contributed by atoms with Crippen LogP contribution >= 0.6 is 0 Å². The number of amides is 2. The quantitative estimate of drug-likeness (QED) is 0.686. The average Bonchev–Trinajstić information content (AvgIpc) is 3.43. The number of nitrogens with zero attached hydrogens (tertiary/aromatic N) is 2. The highest BCUT2D eigenvalue weighted by atomic mass is 16.6. The van der Waals surface area contributed by atoms with E-state index in [0.717, 1.165) is 37.1 Å². The second-order valence-electron chi connectivity index (χ2n) is 8.90. The maximum absolute atomic E-state index is 12.2. The van der Waals surface area contributed by atoms with Crippen molar-refractivity contribution < 1.29 is 18.8 Å². The van der Waals surface area contributed by atoms with E-state index in [0.29, 0.717) is 23.4 Å². The summed E-state index contributed by atoms with van der Waals surface area (Å²) in [6.45, 7) is 3.85. The molecular formula is C20H25N5O4. The Morgan fingerprint density at radius 1 is 1.31 bits per heavy atom. The molecule has 2 aromatic rings. The Morgan fingerprint density at radius 2 is 2.14 bits per heavy atom. The van der Waals surface area contributed by atoms with E-state index in [-0.39, 0.29) is 36.0 Å². The van der Waals surface area contributed by atoms with Crippen molar-refractivity contribution in [3.63, 3.8) is 0 Å². The van der Waals surface area contributed by atoms with Crippen LogP contribution in [0.4, 0.5) is 10.6 Å². The van der Waals surface area contributed by atoms with E-state index in [1.54, 1.807) is 6.07 Å². The molecule has 0 radical (unpaired) electrons. The molecule has 0 bridgehead atoms. The van der Waals surface area contributed by atoms with Crippen molar-refractivity contribution in [1.82, 2.24) is 20.7 Å². The molecule has 154 valence electrons. The first-order valence-electron chi connectivity index (χ1n) is 10.1. The zero-order chi connectivity index (χ0) is 20.2. The summed E-state index contributed by atoms with van der Waals surface area (Å²) in [5.41, 5.74) is 1.65. The van der Waals surface area contributed by atoms with Crippen LogP contribution in [0.2, 0.25) is 0 Å². The largest absolute Gasteiger partial charge is 0.446 e. The first-order valence-corrected chi connectivity index (χ1v) is 10.1. The Bertz CT molecular complexity index is 946. The van der Waals surface area contributed by atoms with Gasteiger partial charge in [-0.1, -0.05) is 5.16 Å². The van der Waals surface area contributed by atoms with E-state index in [1.807, 2.05) is 19.9 Å². The van der Waals surface area contributed by atoms with Crippen molar-refractivity contribution in [2.75, 3.05) is 5.32 Å². The standard InChI is InChI=1S/C20H25N5O4/c1-10-5-11(29-25-10)6-18(26)21-17-9-15(23-24-17)13-8-16(14-7-12(13)14)28-19(27)22-20(2)3-4-20/h5,9,12-14,16H,3-4,6-8H2,1-2H3,(H,22,27)(H2,21,23,24,26)/t12?,13-,14?,16+/m1/s1. The van der Waals surface area contributed by atoms with E-state index in [2.05, 4.69) is 26.0 Å². The molecule has 29 heavy (non-hydrogen) atoms. The smallest absolute Gasteiger partial charge is 0.407 e. The van der Waals surface area contributed by atoms with E-state index in [1.165, 1.54) is 0 Å². The summed E-state index contributed by atoms with van der Waals surface area (Å²) < 4.78 is 10.8. The summed E-state index contributed by atoms with van der Waals surface area (Å²) in [5, 5.41) is 16.8. The molecule has 9 heteroatoms. The number of alkyl carbamates (subject to hydrolysis) is 1. The number of aromatic amines is 1. The number of fused-ring (bicyclic) bond motifs is 1. The van der Waals surface area contributed by atoms with Crippen LogP contribution in [0.25, 0.3) is 0 Å². The third kappa shape index (κ3) is 3.86. The van der Waals surface area contributed by atoms with Gasteiger partial charge in [0.05, 0.1) is 12.1 Å². The minimum atomic E-state index is -0.304. The highest BCUT2D eigenvalue weighted by Gasteiger charge is 2.57. The molecule has 3 aliphatic rings. The number of carbonyl (C=O) groups excluding carboxylic acids is 2. The van der Waals surface area contributed by atoms with Gasteiger partial charge in [-0.15, -0.1) is 0 Å². The summed E-state index contributed by atoms with van der Waals surface area (Å²) in [6, 6.07) is 3.61. The zero-order valence-corrected chi connectivity index (χ0v) is 16.5. The molecule has 5 rings (SSSR count). The number of carbonyl (C=O) groups is 2. The highest BCUT2D eigenvalue weighted by Crippen LogP contribution is 2.60. The van der Waals surface area contributed by atoms with Gasteiger partial charge in [0.1, 0.15) is 11.9 Å². The lowest BCUT2D eigenvalue weighted by molar-refractivity contribution is -0.115. The molecule has 3 fully saturated rings. The lowest BCUT2D eigenvalue weighted by atomic mass is 9.99. The summed E-state index contributed by atoms with van der Waals surface area (Å²) in [7, 11) is 0. The van der Waals surface area contributed by atoms with Gasteiger partial charge >= 0.3 is 6.09 Å². The van der Waals surface area contributed by atoms with Gasteiger partial charge in [-0.05, 0) is 51.4 Å². The minimum absolute atomic E-state index is 0.0524. The summed E-state index contributed by atoms with van der Waals surface area (Å²) >= 11 is 0. The van der Waals surface area contributed by atoms with Gasteiger partial charge in [0, 0.05) is 29.3 Å². The van der Waals surface area contributed by atoms with Crippen molar-refractivity contribution >= 4 is 17.8 Å². The zero-order valence-electron chi connectivity index (χ0n) is 16.5. The molecule has 9 nitrogen and oxygen atoms in total. The van der Waals surface area contributed by atoms with Gasteiger partial charge in [-0.2, -0.15) is 5.10 Å². The minimum Gasteiger partial charge on any atom is -0.446 e. The van der Waals surface area contributed by atoms with Crippen LogP contribution in [0.5, 0.6) is 0 Å². The first-order chi connectivity index (χ1) is 13.9. The molecule has 2 aromatic heterocycles. The van der Waals surface area contributed by atoms with Crippen LogP contribution in [0.1, 0.15) is 55.7 Å². The molecule has 2 heterocycles. The van der Waals surface area contributed by atoms with Crippen molar-refractivity contribution in [3.05, 3.63) is 29.3 Å². The molecule has 0 aromatic carbocycles. The molecule has 0 saturated heterocycles. The Morgan fingerprint density at radius 3 is 2.86 bits per heavy atom. The van der Waals surface area contributed by atoms with Gasteiger partial charge < -0.3 is 19.9 Å². The van der Waals surface area contributed by atoms with Crippen LogP contribution < -0.4 is 10.6 Å². The lowest BCUT2D eigenvalue weighted by Gasteiger charge is -2.18. The molecule has 3 saturated carbocycles. The number of anilines is 1. The molecule has 0 aliphatic heterocycles. The fraction of sp³-hybridized carbons (Fsp3) is 0.600. The van der Waals surface area contributed by atoms with E-state index < -0.39 is 0 Å². The monoisotopic (exact) mass is 399 g/mol. The van der Waals surface area contributed by atoms with Crippen molar-refractivity contribution in [3.8, 4) is 0 Å². The van der Waals surface area contributed by atoms with Crippen LogP contribution in [-0.4, -0.2) is 39.0 Å². The SMILES string of the molecule is Cc1cc(CC(=O)Nc2cc([C@@H]3C[C@H](OC(=O)NC4(C)CC4)C4CC43)[nH]n2)on1. The summed E-state index contributed by atoms with van der Waals surface area (Å²) in [5.74, 6) is 2.00. The molecule has 2 amide bonds. The fourth-order valence-corrected chi connectivity index (χ4v) is 4.38. The van der Waals surface area contributed by atoms with Crippen LogP contribution in [0, 0.1) is 18.8 Å². The second kappa shape index (κ2) is 6.60. The molecule has 3 N–H and O–H groups in total. The van der Waals surface area contributed by atoms with Crippen molar-refractivity contribution in [1.29, 1.82) is 0 Å². The number of ether oxygens (including phenoxy) is 1. The van der Waals surface area contributed by atoms with Gasteiger partial charge in [0.2, 0.25) is 5.91 Å². The summed E-state index contributed by atoms with van der Waals surface area (Å²) in [6.07, 6.45) is 3.63. The number of nitrogens with one attached hydrogen (secondary N) is 3. The highest BCUT2D eigenvalue weighted by molar-refractivity contribution is 5.91. The van der Waals surface area contributed by atoms with E-state index >= 15 is 0 Å². The lowest BCUT2D eigenvalue weighted by Crippen LogP contribution is -2.37. The number of hydrogen-bond donors (Lipinski definition) is 3. The van der Waals surface area contributed by atoms with Crippen LogP contribution in [0.15, 0.2) is 16.7 Å². The maximum atomic E-state index is 12.2. The molecule has 4 atom stereocenters. The predicted molar refractivity (Wildman–Crippen MR) is 102 cm³/mol. The molecule has 0 spiro atoms. The third-order valence-corrected chi connectivity index (χ3v) is 6.31. The molecule has 2 unspecified atom stereocenters. The maximum Gasteiger partial charge on any atom is 0.407 e. The Labute approximate surface area is 167 Å². The van der Waals surface area contributed by atoms with Crippen LogP contribution in [-0.2, 0) is 16.0 Å². The number of rotatable bonds is 6. The molecular weight excluding hydrogens is 374 g/mol. The number of H-pyrrole nitrogens is 1. The topological polar surface area (TPSA) is 122 Å². The van der Waals surface area contributed by atoms with Gasteiger partial charge in [0.15, 0.2) is 5.82 Å². The average molecular weight is 399 g/mol. The van der Waals surface area contributed by atoms with E-state index in [4.69, 9.17) is 9.26 Å². The fourth-order valence-electron chi connectivity index (χ4n) is 4.38. The molecule has 3 aliphatic carbocycles. The predicted octanol–water partition coefficient (Wildman–Crippen LogP) is 2.66. The summed E-state index contributed by atoms with van der Waals surface area (Å²) in [4.78, 5) is 24.3. The number of aromatic nitrogens is 3. The number of aryl methyl sites for hydroxylation is 1. The van der Waals surface area contributed by atoms with Crippen molar-refractivity contribution in [2.45, 2.75) is 63.5 Å². The third-order valence-electron chi connectivity index (χ3n) is 6.31. The first kappa shape index (κ1) is 18.2. The number of hydrogen-bond acceptors (Lipinski definition) is 6. The normalized spacial score (nSPS) is 28.5. The van der Waals surface area contributed by atoms with Gasteiger partial charge in [-0.25, -0.2) is 4.79 Å². The Hall–Kier alpha value is -2.84. The van der Waals surface area contributed by atoms with Crippen LogP contribution in [0.3, 0.4) is 0 Å². The Balaban J connectivity index is 1.16. The Kier molecular flexibility index (Phi) is 4.15. The van der Waals surface area contributed by atoms with Gasteiger partial charge in [0.25, 0.3) is 0 Å². The van der Waals surface area contributed by atoms with Crippen molar-refractivity contribution in [2.24, 2.45) is 11.8 Å². The second-order valence-corrected chi connectivity index (χ2v) is 8.90. The van der Waals surface area contributed by atoms with E-state index in [9.17, 15) is 9.59 Å².